The fourth-order valence-electron chi connectivity index (χ4n) is 1.09. The van der Waals surface area contributed by atoms with E-state index in [2.05, 4.69) is 15.0 Å². The number of nitrogen functional groups attached to an aromatic ring is 1. The predicted octanol–water partition coefficient (Wildman–Crippen LogP) is 0.381. The normalized spacial score (nSPS) is 12.5. The van der Waals surface area contributed by atoms with Gasteiger partial charge in [0.15, 0.2) is 0 Å². The van der Waals surface area contributed by atoms with Crippen LogP contribution in [-0.2, 0) is 5.75 Å². The molecule has 7 heteroatoms. The molecule has 0 fully saturated rings. The van der Waals surface area contributed by atoms with Gasteiger partial charge in [0.2, 0.25) is 11.9 Å². The second-order valence-corrected chi connectivity index (χ2v) is 5.14. The van der Waals surface area contributed by atoms with Crippen LogP contribution in [0.5, 0.6) is 0 Å². The van der Waals surface area contributed by atoms with Gasteiger partial charge in [-0.25, -0.2) is 0 Å². The Bertz CT molecular complexity index is 361. The second kappa shape index (κ2) is 6.61. The first-order valence-corrected chi connectivity index (χ1v) is 6.54. The Labute approximate surface area is 106 Å². The van der Waals surface area contributed by atoms with Gasteiger partial charge in [-0.2, -0.15) is 26.7 Å². The lowest BCUT2D eigenvalue weighted by molar-refractivity contribution is 0.250. The number of anilines is 2. The molecule has 0 bridgehead atoms. The van der Waals surface area contributed by atoms with E-state index in [1.54, 1.807) is 16.7 Å². The molecule has 1 aromatic heterocycles. The number of rotatable bonds is 6. The molecule has 1 unspecified atom stereocenters. The molecule has 1 rings (SSSR count). The van der Waals surface area contributed by atoms with Crippen molar-refractivity contribution in [1.29, 1.82) is 0 Å². The van der Waals surface area contributed by atoms with E-state index in [1.807, 2.05) is 21.0 Å². The zero-order chi connectivity index (χ0) is 12.8. The van der Waals surface area contributed by atoms with Gasteiger partial charge in [-0.3, -0.25) is 0 Å². The fraction of sp³-hybridized carbons (Fsp3) is 0.700. The zero-order valence-corrected chi connectivity index (χ0v) is 11.2. The molecular formula is C10H19N5OS. The van der Waals surface area contributed by atoms with Crippen LogP contribution in [-0.4, -0.2) is 46.5 Å². The summed E-state index contributed by atoms with van der Waals surface area (Å²) in [6.07, 6.45) is 0. The summed E-state index contributed by atoms with van der Waals surface area (Å²) in [6.45, 7) is 2.20. The Hall–Kier alpha value is -1.08. The minimum atomic E-state index is 0.204. The van der Waals surface area contributed by atoms with Crippen molar-refractivity contribution in [2.75, 3.05) is 37.1 Å². The van der Waals surface area contributed by atoms with Crippen molar-refractivity contribution in [3.8, 4) is 0 Å². The summed E-state index contributed by atoms with van der Waals surface area (Å²) in [5.41, 5.74) is 5.62. The Kier molecular flexibility index (Phi) is 5.43. The first kappa shape index (κ1) is 14.0. The Morgan fingerprint density at radius 3 is 2.65 bits per heavy atom. The van der Waals surface area contributed by atoms with Crippen molar-refractivity contribution in [2.45, 2.75) is 12.7 Å². The number of hydrogen-bond acceptors (Lipinski definition) is 7. The molecule has 96 valence electrons. The molecule has 0 aromatic carbocycles. The minimum Gasteiger partial charge on any atom is -0.396 e. The Morgan fingerprint density at radius 1 is 1.35 bits per heavy atom. The molecule has 1 heterocycles. The number of aliphatic hydroxyl groups excluding tert-OH is 1. The maximum Gasteiger partial charge on any atom is 0.229 e. The molecule has 0 saturated carbocycles. The zero-order valence-electron chi connectivity index (χ0n) is 10.4. The monoisotopic (exact) mass is 257 g/mol. The van der Waals surface area contributed by atoms with E-state index in [1.165, 1.54) is 0 Å². The van der Waals surface area contributed by atoms with Crippen LogP contribution >= 0.6 is 11.8 Å². The van der Waals surface area contributed by atoms with E-state index in [4.69, 9.17) is 10.8 Å². The molecule has 0 amide bonds. The van der Waals surface area contributed by atoms with E-state index in [0.717, 1.165) is 5.75 Å². The van der Waals surface area contributed by atoms with Crippen LogP contribution in [0.4, 0.5) is 11.9 Å². The van der Waals surface area contributed by atoms with E-state index in [0.29, 0.717) is 17.5 Å². The number of thioether (sulfide) groups is 1. The average Bonchev–Trinajstić information content (AvgIpc) is 2.28. The molecule has 0 aliphatic rings. The minimum absolute atomic E-state index is 0.204. The summed E-state index contributed by atoms with van der Waals surface area (Å²) in [6, 6.07) is 0. The summed E-state index contributed by atoms with van der Waals surface area (Å²) < 4.78 is 0. The molecular weight excluding hydrogens is 238 g/mol. The van der Waals surface area contributed by atoms with Gasteiger partial charge in [-0.05, 0) is 11.7 Å². The largest absolute Gasteiger partial charge is 0.396 e. The average molecular weight is 257 g/mol. The predicted molar refractivity (Wildman–Crippen MR) is 71.0 cm³/mol. The van der Waals surface area contributed by atoms with Gasteiger partial charge in [-0.1, -0.05) is 6.92 Å². The van der Waals surface area contributed by atoms with Crippen molar-refractivity contribution >= 4 is 23.7 Å². The maximum atomic E-state index is 8.91. The summed E-state index contributed by atoms with van der Waals surface area (Å²) in [5.74, 6) is 3.33. The van der Waals surface area contributed by atoms with Crippen molar-refractivity contribution < 1.29 is 5.11 Å². The van der Waals surface area contributed by atoms with Gasteiger partial charge < -0.3 is 15.7 Å². The molecule has 3 N–H and O–H groups in total. The molecule has 6 nitrogen and oxygen atoms in total. The second-order valence-electron chi connectivity index (χ2n) is 4.11. The van der Waals surface area contributed by atoms with Crippen LogP contribution in [0.1, 0.15) is 12.7 Å². The lowest BCUT2D eigenvalue weighted by Gasteiger charge is -2.11. The molecule has 0 aliphatic heterocycles. The third-order valence-electron chi connectivity index (χ3n) is 2.03. The van der Waals surface area contributed by atoms with Gasteiger partial charge >= 0.3 is 0 Å². The smallest absolute Gasteiger partial charge is 0.229 e. The van der Waals surface area contributed by atoms with Crippen LogP contribution < -0.4 is 10.6 Å². The Balaban J connectivity index is 2.59. The highest BCUT2D eigenvalue weighted by Crippen LogP contribution is 2.14. The first-order chi connectivity index (χ1) is 8.02. The van der Waals surface area contributed by atoms with Crippen LogP contribution in [0.3, 0.4) is 0 Å². The number of aromatic nitrogens is 3. The van der Waals surface area contributed by atoms with Gasteiger partial charge in [0.1, 0.15) is 5.82 Å². The van der Waals surface area contributed by atoms with Crippen LogP contribution in [0.2, 0.25) is 0 Å². The van der Waals surface area contributed by atoms with E-state index >= 15 is 0 Å². The standard InChI is InChI=1S/C10H19N5OS/c1-7(4-16)5-17-6-8-12-9(11)14-10(13-8)15(2)3/h7,16H,4-6H2,1-3H3,(H2,11,12,13,14). The molecule has 0 spiro atoms. The molecule has 0 saturated heterocycles. The SMILES string of the molecule is CC(CO)CSCc1nc(N)nc(N(C)C)n1. The number of aliphatic hydroxyl groups is 1. The quantitative estimate of drug-likeness (QED) is 0.761. The maximum absolute atomic E-state index is 8.91. The van der Waals surface area contributed by atoms with Gasteiger partial charge in [0.05, 0.1) is 5.75 Å². The number of nitrogens with zero attached hydrogens (tertiary/aromatic N) is 4. The number of hydrogen-bond donors (Lipinski definition) is 2. The third-order valence-corrected chi connectivity index (χ3v) is 3.30. The summed E-state index contributed by atoms with van der Waals surface area (Å²) in [4.78, 5) is 14.2. The topological polar surface area (TPSA) is 88.2 Å². The highest BCUT2D eigenvalue weighted by atomic mass is 32.2. The van der Waals surface area contributed by atoms with Crippen molar-refractivity contribution in [3.05, 3.63) is 5.82 Å². The van der Waals surface area contributed by atoms with Crippen LogP contribution in [0, 0.1) is 5.92 Å². The van der Waals surface area contributed by atoms with Crippen molar-refractivity contribution in [1.82, 2.24) is 15.0 Å². The summed E-state index contributed by atoms with van der Waals surface area (Å²) >= 11 is 1.68. The van der Waals surface area contributed by atoms with E-state index < -0.39 is 0 Å². The number of nitrogens with two attached hydrogens (primary N) is 1. The molecule has 0 aliphatic carbocycles. The highest BCUT2D eigenvalue weighted by Gasteiger charge is 2.07. The van der Waals surface area contributed by atoms with E-state index in [-0.39, 0.29) is 18.5 Å². The molecule has 0 radical (unpaired) electrons. The lowest BCUT2D eigenvalue weighted by Crippen LogP contribution is -2.16. The van der Waals surface area contributed by atoms with Crippen LogP contribution in [0.25, 0.3) is 0 Å². The third kappa shape index (κ3) is 4.74. The van der Waals surface area contributed by atoms with Crippen LogP contribution in [0.15, 0.2) is 0 Å². The van der Waals surface area contributed by atoms with Gasteiger partial charge in [0.25, 0.3) is 0 Å². The van der Waals surface area contributed by atoms with E-state index in [9.17, 15) is 0 Å². The molecule has 17 heavy (non-hydrogen) atoms. The van der Waals surface area contributed by atoms with Crippen molar-refractivity contribution in [3.63, 3.8) is 0 Å². The summed E-state index contributed by atoms with van der Waals surface area (Å²) in [7, 11) is 3.72. The van der Waals surface area contributed by atoms with Gasteiger partial charge in [-0.15, -0.1) is 0 Å². The fourth-order valence-corrected chi connectivity index (χ4v) is 2.03. The lowest BCUT2D eigenvalue weighted by atomic mass is 10.2. The molecule has 1 atom stereocenters. The molecule has 1 aromatic rings. The highest BCUT2D eigenvalue weighted by molar-refractivity contribution is 7.98. The van der Waals surface area contributed by atoms with Crippen molar-refractivity contribution in [2.24, 2.45) is 5.92 Å². The van der Waals surface area contributed by atoms with Gasteiger partial charge in [0, 0.05) is 20.7 Å². The summed E-state index contributed by atoms with van der Waals surface area (Å²) in [5, 5.41) is 8.91. The Morgan fingerprint density at radius 2 is 2.06 bits per heavy atom. The first-order valence-electron chi connectivity index (χ1n) is 5.39.